The van der Waals surface area contributed by atoms with Gasteiger partial charge in [-0.25, -0.2) is 4.79 Å². The number of imide groups is 1. The lowest BCUT2D eigenvalue weighted by atomic mass is 9.88. The van der Waals surface area contributed by atoms with Gasteiger partial charge in [-0.15, -0.1) is 0 Å². The Morgan fingerprint density at radius 1 is 1.06 bits per heavy atom. The Balaban J connectivity index is 1.53. The molecule has 0 radical (unpaired) electrons. The first-order valence-corrected chi connectivity index (χ1v) is 12.4. The van der Waals surface area contributed by atoms with Gasteiger partial charge in [0, 0.05) is 16.6 Å². The number of amides is 4. The highest BCUT2D eigenvalue weighted by Gasteiger charge is 2.50. The topological polar surface area (TPSA) is 69.7 Å². The van der Waals surface area contributed by atoms with Crippen LogP contribution < -0.4 is 5.32 Å². The first-order valence-electron chi connectivity index (χ1n) is 11.6. The summed E-state index contributed by atoms with van der Waals surface area (Å²) in [6.45, 7) is 1.53. The Kier molecular flexibility index (Phi) is 6.70. The summed E-state index contributed by atoms with van der Waals surface area (Å²) in [5, 5.41) is 2.82. The fourth-order valence-electron chi connectivity index (χ4n) is 5.48. The van der Waals surface area contributed by atoms with Crippen LogP contribution in [-0.4, -0.2) is 46.3 Å². The van der Waals surface area contributed by atoms with Crippen LogP contribution >= 0.6 is 15.9 Å². The zero-order valence-corrected chi connectivity index (χ0v) is 19.8. The second-order valence-corrected chi connectivity index (χ2v) is 10.3. The molecule has 1 heterocycles. The molecule has 1 N–H and O–H groups in total. The van der Waals surface area contributed by atoms with Crippen LogP contribution in [0.5, 0.6) is 0 Å². The highest BCUT2D eigenvalue weighted by atomic mass is 79.9. The number of halogens is 1. The third-order valence-corrected chi connectivity index (χ3v) is 7.69. The largest absolute Gasteiger partial charge is 0.335 e. The molecule has 0 spiro atoms. The molecule has 4 rings (SSSR count). The van der Waals surface area contributed by atoms with Crippen molar-refractivity contribution in [3.63, 3.8) is 0 Å². The Morgan fingerprint density at radius 3 is 2.19 bits per heavy atom. The summed E-state index contributed by atoms with van der Waals surface area (Å²) >= 11 is 3.43. The summed E-state index contributed by atoms with van der Waals surface area (Å²) < 4.78 is 0.837. The van der Waals surface area contributed by atoms with Crippen molar-refractivity contribution >= 4 is 33.8 Å². The molecule has 2 saturated carbocycles. The number of carbonyl (C=O) groups is 3. The van der Waals surface area contributed by atoms with E-state index in [0.717, 1.165) is 60.7 Å². The van der Waals surface area contributed by atoms with Gasteiger partial charge in [-0.1, -0.05) is 66.6 Å². The van der Waals surface area contributed by atoms with Crippen molar-refractivity contribution in [1.82, 2.24) is 15.1 Å². The third kappa shape index (κ3) is 4.52. The number of nitrogens with zero attached hydrogens (tertiary/aromatic N) is 2. The Labute approximate surface area is 192 Å². The molecule has 1 unspecified atom stereocenters. The zero-order chi connectivity index (χ0) is 22.0. The van der Waals surface area contributed by atoms with E-state index in [2.05, 4.69) is 26.1 Å². The molecule has 2 aliphatic carbocycles. The van der Waals surface area contributed by atoms with Crippen molar-refractivity contribution < 1.29 is 14.4 Å². The molecule has 7 heteroatoms. The number of hydrogen-bond acceptors (Lipinski definition) is 3. The van der Waals surface area contributed by atoms with Crippen LogP contribution in [0.3, 0.4) is 0 Å². The van der Waals surface area contributed by atoms with E-state index in [1.165, 1.54) is 12.8 Å². The summed E-state index contributed by atoms with van der Waals surface area (Å²) in [6, 6.07) is 7.36. The molecule has 168 valence electrons. The maximum absolute atomic E-state index is 13.5. The smallest absolute Gasteiger partial charge is 0.325 e. The molecule has 4 amide bonds. The van der Waals surface area contributed by atoms with E-state index in [4.69, 9.17) is 0 Å². The van der Waals surface area contributed by atoms with Gasteiger partial charge in [0.2, 0.25) is 5.91 Å². The SMILES string of the molecule is CC1(c2cccc(Br)c2)NC(=O)N(CC(=O)N(C2CCCCC2)C2CCCCC2)C1=O. The molecule has 1 saturated heterocycles. The highest BCUT2D eigenvalue weighted by molar-refractivity contribution is 9.10. The van der Waals surface area contributed by atoms with Crippen LogP contribution in [-0.2, 0) is 15.1 Å². The third-order valence-electron chi connectivity index (χ3n) is 7.19. The molecule has 1 aromatic carbocycles. The van der Waals surface area contributed by atoms with Gasteiger partial charge in [0.15, 0.2) is 0 Å². The summed E-state index contributed by atoms with van der Waals surface area (Å²) in [6.07, 6.45) is 11.1. The van der Waals surface area contributed by atoms with Gasteiger partial charge >= 0.3 is 6.03 Å². The minimum atomic E-state index is -1.17. The van der Waals surface area contributed by atoms with E-state index in [-0.39, 0.29) is 30.4 Å². The van der Waals surface area contributed by atoms with E-state index in [0.29, 0.717) is 5.56 Å². The fourth-order valence-corrected chi connectivity index (χ4v) is 5.88. The maximum Gasteiger partial charge on any atom is 0.325 e. The average Bonchev–Trinajstić information content (AvgIpc) is 2.99. The van der Waals surface area contributed by atoms with Gasteiger partial charge in [-0.3, -0.25) is 14.5 Å². The van der Waals surface area contributed by atoms with E-state index >= 15 is 0 Å². The predicted octanol–water partition coefficient (Wildman–Crippen LogP) is 4.71. The molecule has 0 bridgehead atoms. The first kappa shape index (κ1) is 22.3. The number of nitrogens with one attached hydrogen (secondary N) is 1. The lowest BCUT2D eigenvalue weighted by molar-refractivity contribution is -0.143. The zero-order valence-electron chi connectivity index (χ0n) is 18.2. The lowest BCUT2D eigenvalue weighted by Crippen LogP contribution is -2.53. The van der Waals surface area contributed by atoms with Crippen molar-refractivity contribution in [2.45, 2.75) is 88.8 Å². The van der Waals surface area contributed by atoms with Crippen LogP contribution in [0.4, 0.5) is 4.79 Å². The number of benzene rings is 1. The normalized spacial score (nSPS) is 25.5. The van der Waals surface area contributed by atoms with E-state index in [1.54, 1.807) is 6.92 Å². The molecule has 1 aliphatic heterocycles. The number of carbonyl (C=O) groups excluding carboxylic acids is 3. The average molecular weight is 490 g/mol. The quantitative estimate of drug-likeness (QED) is 0.608. The Morgan fingerprint density at radius 2 is 1.65 bits per heavy atom. The van der Waals surface area contributed by atoms with E-state index in [9.17, 15) is 14.4 Å². The van der Waals surface area contributed by atoms with Gasteiger partial charge in [0.25, 0.3) is 5.91 Å². The Bertz CT molecular complexity index is 830. The summed E-state index contributed by atoms with van der Waals surface area (Å²) in [7, 11) is 0. The van der Waals surface area contributed by atoms with Crippen LogP contribution in [0, 0.1) is 0 Å². The van der Waals surface area contributed by atoms with Gasteiger partial charge in [0.1, 0.15) is 12.1 Å². The molecule has 0 aromatic heterocycles. The monoisotopic (exact) mass is 489 g/mol. The maximum atomic E-state index is 13.5. The molecule has 3 fully saturated rings. The number of hydrogen-bond donors (Lipinski definition) is 1. The minimum Gasteiger partial charge on any atom is -0.335 e. The standard InChI is InChI=1S/C24H32BrN3O3/c1-24(17-9-8-10-18(25)15-17)22(30)27(23(31)26-24)16-21(29)28(19-11-4-2-5-12-19)20-13-6-3-7-14-20/h8-10,15,19-20H,2-7,11-14,16H2,1H3,(H,26,31). The van der Waals surface area contributed by atoms with Gasteiger partial charge in [-0.05, 0) is 50.3 Å². The first-order chi connectivity index (χ1) is 14.9. The molecule has 31 heavy (non-hydrogen) atoms. The number of rotatable bonds is 5. The predicted molar refractivity (Wildman–Crippen MR) is 122 cm³/mol. The second kappa shape index (κ2) is 9.31. The van der Waals surface area contributed by atoms with E-state index < -0.39 is 11.6 Å². The van der Waals surface area contributed by atoms with Gasteiger partial charge in [0.05, 0.1) is 0 Å². The lowest BCUT2D eigenvalue weighted by Gasteiger charge is -2.42. The van der Waals surface area contributed by atoms with Crippen molar-refractivity contribution in [1.29, 1.82) is 0 Å². The van der Waals surface area contributed by atoms with Crippen molar-refractivity contribution in [3.8, 4) is 0 Å². The van der Waals surface area contributed by atoms with Crippen molar-refractivity contribution in [3.05, 3.63) is 34.3 Å². The molecule has 6 nitrogen and oxygen atoms in total. The molecular formula is C24H32BrN3O3. The van der Waals surface area contributed by atoms with Crippen LogP contribution in [0.15, 0.2) is 28.7 Å². The molecular weight excluding hydrogens is 458 g/mol. The van der Waals surface area contributed by atoms with Crippen LogP contribution in [0.25, 0.3) is 0 Å². The van der Waals surface area contributed by atoms with Crippen LogP contribution in [0.1, 0.15) is 76.7 Å². The molecule has 3 aliphatic rings. The highest BCUT2D eigenvalue weighted by Crippen LogP contribution is 2.33. The molecule has 1 atom stereocenters. The molecule has 1 aromatic rings. The van der Waals surface area contributed by atoms with E-state index in [1.807, 2.05) is 24.3 Å². The summed E-state index contributed by atoms with van der Waals surface area (Å²) in [5.74, 6) is -0.447. The number of urea groups is 1. The van der Waals surface area contributed by atoms with Gasteiger partial charge < -0.3 is 10.2 Å². The van der Waals surface area contributed by atoms with Crippen molar-refractivity contribution in [2.75, 3.05) is 6.54 Å². The Hall–Kier alpha value is -1.89. The van der Waals surface area contributed by atoms with Crippen molar-refractivity contribution in [2.24, 2.45) is 0 Å². The second-order valence-electron chi connectivity index (χ2n) is 9.34. The summed E-state index contributed by atoms with van der Waals surface area (Å²) in [4.78, 5) is 42.8. The fraction of sp³-hybridized carbons (Fsp3) is 0.625. The van der Waals surface area contributed by atoms with Crippen LogP contribution in [0.2, 0.25) is 0 Å². The van der Waals surface area contributed by atoms with Gasteiger partial charge in [-0.2, -0.15) is 0 Å². The summed E-state index contributed by atoms with van der Waals surface area (Å²) in [5.41, 5.74) is -0.464. The minimum absolute atomic E-state index is 0.0826.